The fourth-order valence-electron chi connectivity index (χ4n) is 1.53. The quantitative estimate of drug-likeness (QED) is 0.921. The van der Waals surface area contributed by atoms with Gasteiger partial charge in [0.25, 0.3) is 0 Å². The van der Waals surface area contributed by atoms with E-state index in [0.717, 1.165) is 4.31 Å². The highest BCUT2D eigenvalue weighted by molar-refractivity contribution is 7.89. The van der Waals surface area contributed by atoms with Gasteiger partial charge >= 0.3 is 0 Å². The second-order valence-corrected chi connectivity index (χ2v) is 7.99. The number of hydrogen-bond donors (Lipinski definition) is 1. The lowest BCUT2D eigenvalue weighted by Gasteiger charge is -2.23. The average molecular weight is 319 g/mol. The van der Waals surface area contributed by atoms with E-state index in [1.54, 1.807) is 0 Å². The van der Waals surface area contributed by atoms with Crippen molar-refractivity contribution in [1.29, 1.82) is 0 Å². The van der Waals surface area contributed by atoms with Gasteiger partial charge in [0.15, 0.2) is 0 Å². The third-order valence-corrected chi connectivity index (χ3v) is 4.47. The van der Waals surface area contributed by atoms with Gasteiger partial charge in [-0.25, -0.2) is 8.42 Å². The molecule has 0 aliphatic heterocycles. The van der Waals surface area contributed by atoms with Crippen LogP contribution < -0.4 is 5.32 Å². The third kappa shape index (κ3) is 4.77. The maximum atomic E-state index is 12.2. The van der Waals surface area contributed by atoms with Crippen molar-refractivity contribution < 1.29 is 13.2 Å². The van der Waals surface area contributed by atoms with Crippen molar-refractivity contribution in [2.45, 2.75) is 31.2 Å². The van der Waals surface area contributed by atoms with Gasteiger partial charge in [0.1, 0.15) is 0 Å². The van der Waals surface area contributed by atoms with Gasteiger partial charge in [-0.2, -0.15) is 4.31 Å². The van der Waals surface area contributed by atoms with Crippen LogP contribution in [0.5, 0.6) is 0 Å². The Morgan fingerprint density at radius 2 is 1.75 bits per heavy atom. The zero-order valence-electron chi connectivity index (χ0n) is 12.0. The number of hydrogen-bond acceptors (Lipinski definition) is 3. The first-order valence-electron chi connectivity index (χ1n) is 6.05. The molecule has 1 amide bonds. The van der Waals surface area contributed by atoms with Crippen molar-refractivity contribution in [3.05, 3.63) is 29.3 Å². The van der Waals surface area contributed by atoms with E-state index in [4.69, 9.17) is 11.6 Å². The Morgan fingerprint density at radius 3 is 2.20 bits per heavy atom. The lowest BCUT2D eigenvalue weighted by molar-refractivity contribution is -0.122. The molecule has 1 rings (SSSR count). The van der Waals surface area contributed by atoms with E-state index in [1.807, 2.05) is 20.8 Å². The second-order valence-electron chi connectivity index (χ2n) is 5.51. The summed E-state index contributed by atoms with van der Waals surface area (Å²) in [5.74, 6) is -0.350. The van der Waals surface area contributed by atoms with E-state index in [2.05, 4.69) is 5.32 Å². The summed E-state index contributed by atoms with van der Waals surface area (Å²) in [6, 6.07) is 5.82. The van der Waals surface area contributed by atoms with Crippen LogP contribution in [-0.4, -0.2) is 37.8 Å². The van der Waals surface area contributed by atoms with Gasteiger partial charge < -0.3 is 5.32 Å². The number of carbonyl (C=O) groups is 1. The minimum Gasteiger partial charge on any atom is -0.350 e. The molecule has 0 aromatic heterocycles. The molecule has 0 saturated heterocycles. The number of sulfonamides is 1. The Balaban J connectivity index is 2.83. The fraction of sp³-hybridized carbons (Fsp3) is 0.462. The standard InChI is InChI=1S/C13H19ClN2O3S/c1-13(2,3)15-12(17)9-16(4)20(18,19)11-7-5-10(14)6-8-11/h5-8H,9H2,1-4H3,(H,15,17). The summed E-state index contributed by atoms with van der Waals surface area (Å²) in [6.45, 7) is 5.26. The Kier molecular flexibility index (Phi) is 5.18. The lowest BCUT2D eigenvalue weighted by atomic mass is 10.1. The molecule has 0 fully saturated rings. The summed E-state index contributed by atoms with van der Waals surface area (Å²) < 4.78 is 25.5. The molecule has 112 valence electrons. The molecule has 0 heterocycles. The number of halogens is 1. The first-order chi connectivity index (χ1) is 9.02. The molecule has 0 bridgehead atoms. The maximum Gasteiger partial charge on any atom is 0.243 e. The van der Waals surface area contributed by atoms with Gasteiger partial charge in [-0.1, -0.05) is 11.6 Å². The highest BCUT2D eigenvalue weighted by Crippen LogP contribution is 2.17. The lowest BCUT2D eigenvalue weighted by Crippen LogP contribution is -2.46. The van der Waals surface area contributed by atoms with Crippen LogP contribution in [0.3, 0.4) is 0 Å². The minimum atomic E-state index is -3.69. The monoisotopic (exact) mass is 318 g/mol. The SMILES string of the molecule is CN(CC(=O)NC(C)(C)C)S(=O)(=O)c1ccc(Cl)cc1. The highest BCUT2D eigenvalue weighted by atomic mass is 35.5. The molecule has 1 aromatic rings. The number of nitrogens with one attached hydrogen (secondary N) is 1. The van der Waals surface area contributed by atoms with Crippen LogP contribution in [0.4, 0.5) is 0 Å². The molecule has 0 atom stereocenters. The summed E-state index contributed by atoms with van der Waals surface area (Å²) in [4.78, 5) is 11.9. The molecular weight excluding hydrogens is 300 g/mol. The first-order valence-corrected chi connectivity index (χ1v) is 7.87. The molecule has 1 N–H and O–H groups in total. The van der Waals surface area contributed by atoms with Crippen molar-refractivity contribution in [2.24, 2.45) is 0 Å². The Hall–Kier alpha value is -1.11. The predicted octanol–water partition coefficient (Wildman–Crippen LogP) is 1.88. The molecule has 0 unspecified atom stereocenters. The summed E-state index contributed by atoms with van der Waals surface area (Å²) >= 11 is 5.73. The van der Waals surface area contributed by atoms with Crippen LogP contribution in [-0.2, 0) is 14.8 Å². The van der Waals surface area contributed by atoms with Crippen molar-refractivity contribution in [2.75, 3.05) is 13.6 Å². The maximum absolute atomic E-state index is 12.2. The van der Waals surface area contributed by atoms with Gasteiger partial charge in [0.2, 0.25) is 15.9 Å². The van der Waals surface area contributed by atoms with Crippen LogP contribution in [0.25, 0.3) is 0 Å². The second kappa shape index (κ2) is 6.11. The summed E-state index contributed by atoms with van der Waals surface area (Å²) in [6.07, 6.45) is 0. The number of nitrogens with zero attached hydrogens (tertiary/aromatic N) is 1. The normalized spacial score (nSPS) is 12.5. The molecule has 7 heteroatoms. The minimum absolute atomic E-state index is 0.105. The van der Waals surface area contributed by atoms with Crippen molar-refractivity contribution in [3.8, 4) is 0 Å². The number of benzene rings is 1. The van der Waals surface area contributed by atoms with Crippen LogP contribution >= 0.6 is 11.6 Å². The van der Waals surface area contributed by atoms with Crippen molar-refractivity contribution in [1.82, 2.24) is 9.62 Å². The largest absolute Gasteiger partial charge is 0.350 e. The van der Waals surface area contributed by atoms with E-state index in [0.29, 0.717) is 5.02 Å². The Labute approximate surface area is 125 Å². The molecule has 0 aliphatic carbocycles. The number of carbonyl (C=O) groups excluding carboxylic acids is 1. The third-order valence-electron chi connectivity index (χ3n) is 2.40. The number of rotatable bonds is 4. The van der Waals surface area contributed by atoms with Gasteiger partial charge in [-0.05, 0) is 45.0 Å². The summed E-state index contributed by atoms with van der Waals surface area (Å²) in [7, 11) is -2.33. The molecule has 1 aromatic carbocycles. The van der Waals surface area contributed by atoms with Crippen LogP contribution in [0.1, 0.15) is 20.8 Å². The van der Waals surface area contributed by atoms with Crippen molar-refractivity contribution >= 4 is 27.5 Å². The zero-order chi connectivity index (χ0) is 15.6. The van der Waals surface area contributed by atoms with E-state index in [9.17, 15) is 13.2 Å². The van der Waals surface area contributed by atoms with Crippen LogP contribution in [0.2, 0.25) is 5.02 Å². The molecular formula is C13H19ClN2O3S. The Bertz CT molecular complexity index is 577. The van der Waals surface area contributed by atoms with Gasteiger partial charge in [-0.15, -0.1) is 0 Å². The highest BCUT2D eigenvalue weighted by Gasteiger charge is 2.24. The molecule has 5 nitrogen and oxygen atoms in total. The van der Waals surface area contributed by atoms with Gasteiger partial charge in [-0.3, -0.25) is 4.79 Å². The number of amides is 1. The van der Waals surface area contributed by atoms with Crippen molar-refractivity contribution in [3.63, 3.8) is 0 Å². The van der Waals surface area contributed by atoms with E-state index in [1.165, 1.54) is 31.3 Å². The Morgan fingerprint density at radius 1 is 1.25 bits per heavy atom. The predicted molar refractivity (Wildman–Crippen MR) is 79.2 cm³/mol. The molecule has 0 spiro atoms. The first kappa shape index (κ1) is 16.9. The zero-order valence-corrected chi connectivity index (χ0v) is 13.5. The molecule has 0 aliphatic rings. The average Bonchev–Trinajstić information content (AvgIpc) is 2.26. The smallest absolute Gasteiger partial charge is 0.243 e. The van der Waals surface area contributed by atoms with Crippen LogP contribution in [0, 0.1) is 0 Å². The van der Waals surface area contributed by atoms with E-state index >= 15 is 0 Å². The summed E-state index contributed by atoms with van der Waals surface area (Å²) in [5.41, 5.74) is -0.401. The molecule has 20 heavy (non-hydrogen) atoms. The van der Waals surface area contributed by atoms with E-state index < -0.39 is 15.6 Å². The topological polar surface area (TPSA) is 66.5 Å². The van der Waals surface area contributed by atoms with E-state index in [-0.39, 0.29) is 17.3 Å². The van der Waals surface area contributed by atoms with Gasteiger partial charge in [0, 0.05) is 17.6 Å². The van der Waals surface area contributed by atoms with Crippen LogP contribution in [0.15, 0.2) is 29.2 Å². The number of likely N-dealkylation sites (N-methyl/N-ethyl adjacent to an activating group) is 1. The molecule has 0 radical (unpaired) electrons. The fourth-order valence-corrected chi connectivity index (χ4v) is 2.78. The summed E-state index contributed by atoms with van der Waals surface area (Å²) in [5, 5.41) is 3.17. The van der Waals surface area contributed by atoms with Gasteiger partial charge in [0.05, 0.1) is 11.4 Å². The molecule has 0 saturated carbocycles.